The van der Waals surface area contributed by atoms with E-state index in [9.17, 15) is 17.6 Å². The quantitative estimate of drug-likeness (QED) is 0.894. The number of hydrogen-bond acceptors (Lipinski definition) is 3. The molecule has 1 atom stereocenters. The molecule has 1 amide bonds. The number of likely N-dealkylation sites (tertiary alicyclic amines) is 1. The Morgan fingerprint density at radius 1 is 1.41 bits per heavy atom. The lowest BCUT2D eigenvalue weighted by molar-refractivity contribution is 0.0789. The Morgan fingerprint density at radius 2 is 2.14 bits per heavy atom. The molecule has 1 aliphatic rings. The lowest BCUT2D eigenvalue weighted by Gasteiger charge is -2.17. The Bertz CT molecular complexity index is 641. The van der Waals surface area contributed by atoms with E-state index in [0.29, 0.717) is 37.1 Å². The Balaban J connectivity index is 2.02. The van der Waals surface area contributed by atoms with E-state index in [2.05, 4.69) is 4.72 Å². The summed E-state index contributed by atoms with van der Waals surface area (Å²) in [6.07, 6.45) is 1.12. The van der Waals surface area contributed by atoms with Crippen LogP contribution in [-0.4, -0.2) is 44.1 Å². The van der Waals surface area contributed by atoms with Crippen LogP contribution in [0.3, 0.4) is 0 Å². The smallest absolute Gasteiger partial charge is 0.254 e. The SMILES string of the molecule is CCCS(=O)(=O)N[C@@H]1CCN(C(=O)c2cc(C)cc(F)c2)C1. The number of aryl methyl sites for hydroxylation is 1. The number of hydrogen-bond donors (Lipinski definition) is 1. The van der Waals surface area contributed by atoms with E-state index >= 15 is 0 Å². The Hall–Kier alpha value is -1.47. The third kappa shape index (κ3) is 4.27. The molecule has 1 heterocycles. The summed E-state index contributed by atoms with van der Waals surface area (Å²) in [4.78, 5) is 13.9. The van der Waals surface area contributed by atoms with Gasteiger partial charge in [-0.15, -0.1) is 0 Å². The standard InChI is InChI=1S/C15H21FN2O3S/c1-3-6-22(20,21)17-14-4-5-18(10-14)15(19)12-7-11(2)8-13(16)9-12/h7-9,14,17H,3-6,10H2,1-2H3/t14-/m1/s1. The molecule has 1 aromatic carbocycles. The maximum Gasteiger partial charge on any atom is 0.254 e. The second-order valence-electron chi connectivity index (χ2n) is 5.69. The monoisotopic (exact) mass is 328 g/mol. The van der Waals surface area contributed by atoms with Gasteiger partial charge in [-0.2, -0.15) is 0 Å². The number of sulfonamides is 1. The van der Waals surface area contributed by atoms with Gasteiger partial charge in [0.05, 0.1) is 5.75 Å². The summed E-state index contributed by atoms with van der Waals surface area (Å²) in [5, 5.41) is 0. The predicted molar refractivity (Wildman–Crippen MR) is 82.7 cm³/mol. The number of halogens is 1. The first kappa shape index (κ1) is 16.9. The number of benzene rings is 1. The number of nitrogens with zero attached hydrogens (tertiary/aromatic N) is 1. The Kier molecular flexibility index (Phi) is 5.18. The molecule has 0 saturated carbocycles. The summed E-state index contributed by atoms with van der Waals surface area (Å²) in [5.41, 5.74) is 0.984. The van der Waals surface area contributed by atoms with Crippen LogP contribution in [0.1, 0.15) is 35.7 Å². The van der Waals surface area contributed by atoms with E-state index < -0.39 is 15.8 Å². The molecule has 22 heavy (non-hydrogen) atoms. The largest absolute Gasteiger partial charge is 0.337 e. The van der Waals surface area contributed by atoms with Crippen LogP contribution in [0.2, 0.25) is 0 Å². The van der Waals surface area contributed by atoms with E-state index in [0.717, 1.165) is 0 Å². The fourth-order valence-electron chi connectivity index (χ4n) is 2.66. The summed E-state index contributed by atoms with van der Waals surface area (Å²) in [5.74, 6) is -0.622. The second kappa shape index (κ2) is 6.75. The van der Waals surface area contributed by atoms with Crippen LogP contribution < -0.4 is 4.72 Å². The molecule has 122 valence electrons. The van der Waals surface area contributed by atoms with Gasteiger partial charge in [-0.05, 0) is 43.5 Å². The minimum absolute atomic E-state index is 0.0839. The van der Waals surface area contributed by atoms with E-state index in [4.69, 9.17) is 0 Å². The van der Waals surface area contributed by atoms with Crippen molar-refractivity contribution >= 4 is 15.9 Å². The van der Waals surface area contributed by atoms with Crippen LogP contribution in [0.15, 0.2) is 18.2 Å². The molecule has 0 aromatic heterocycles. The topological polar surface area (TPSA) is 66.5 Å². The van der Waals surface area contributed by atoms with Crippen LogP contribution in [0.5, 0.6) is 0 Å². The van der Waals surface area contributed by atoms with Crippen molar-refractivity contribution in [3.8, 4) is 0 Å². The number of nitrogens with one attached hydrogen (secondary N) is 1. The highest BCUT2D eigenvalue weighted by Crippen LogP contribution is 2.16. The molecular formula is C15H21FN2O3S. The van der Waals surface area contributed by atoms with Crippen LogP contribution >= 0.6 is 0 Å². The van der Waals surface area contributed by atoms with E-state index in [1.807, 2.05) is 0 Å². The minimum atomic E-state index is -3.29. The summed E-state index contributed by atoms with van der Waals surface area (Å²) < 4.78 is 39.5. The van der Waals surface area contributed by atoms with Crippen LogP contribution in [-0.2, 0) is 10.0 Å². The number of carbonyl (C=O) groups is 1. The fourth-order valence-corrected chi connectivity index (χ4v) is 4.02. The van der Waals surface area contributed by atoms with Crippen molar-refractivity contribution in [2.75, 3.05) is 18.8 Å². The molecule has 2 rings (SSSR count). The molecule has 0 spiro atoms. The first-order chi connectivity index (χ1) is 10.3. The maximum atomic E-state index is 13.4. The van der Waals surface area contributed by atoms with E-state index in [-0.39, 0.29) is 17.7 Å². The van der Waals surface area contributed by atoms with Gasteiger partial charge >= 0.3 is 0 Å². The van der Waals surface area contributed by atoms with Crippen molar-refractivity contribution in [2.24, 2.45) is 0 Å². The normalized spacial score (nSPS) is 18.7. The number of carbonyl (C=O) groups excluding carboxylic acids is 1. The fraction of sp³-hybridized carbons (Fsp3) is 0.533. The highest BCUT2D eigenvalue weighted by Gasteiger charge is 2.29. The number of amides is 1. The zero-order valence-corrected chi connectivity index (χ0v) is 13.6. The van der Waals surface area contributed by atoms with E-state index in [1.165, 1.54) is 12.1 Å². The van der Waals surface area contributed by atoms with Crippen LogP contribution in [0.25, 0.3) is 0 Å². The van der Waals surface area contributed by atoms with Gasteiger partial charge in [0, 0.05) is 24.7 Å². The lowest BCUT2D eigenvalue weighted by Crippen LogP contribution is -2.39. The van der Waals surface area contributed by atoms with Crippen molar-refractivity contribution in [1.29, 1.82) is 0 Å². The lowest BCUT2D eigenvalue weighted by atomic mass is 10.1. The third-order valence-electron chi connectivity index (χ3n) is 3.58. The molecule has 0 aliphatic carbocycles. The summed E-state index contributed by atoms with van der Waals surface area (Å²) >= 11 is 0. The molecule has 1 N–H and O–H groups in total. The second-order valence-corrected chi connectivity index (χ2v) is 7.56. The highest BCUT2D eigenvalue weighted by atomic mass is 32.2. The average molecular weight is 328 g/mol. The molecule has 1 saturated heterocycles. The molecular weight excluding hydrogens is 307 g/mol. The first-order valence-corrected chi connectivity index (χ1v) is 9.02. The predicted octanol–water partition coefficient (Wildman–Crippen LogP) is 1.68. The molecule has 0 bridgehead atoms. The Labute approximate surface area is 130 Å². The van der Waals surface area contributed by atoms with E-state index in [1.54, 1.807) is 24.8 Å². The zero-order valence-electron chi connectivity index (χ0n) is 12.8. The summed E-state index contributed by atoms with van der Waals surface area (Å²) in [7, 11) is -3.29. The first-order valence-electron chi connectivity index (χ1n) is 7.37. The summed E-state index contributed by atoms with van der Waals surface area (Å²) in [6.45, 7) is 4.31. The van der Waals surface area contributed by atoms with Crippen LogP contribution in [0.4, 0.5) is 4.39 Å². The third-order valence-corrected chi connectivity index (χ3v) is 5.22. The van der Waals surface area contributed by atoms with Crippen LogP contribution in [0, 0.1) is 12.7 Å². The molecule has 0 radical (unpaired) electrons. The van der Waals surface area contributed by atoms with Crippen molar-refractivity contribution in [1.82, 2.24) is 9.62 Å². The van der Waals surface area contributed by atoms with Gasteiger partial charge in [-0.1, -0.05) is 6.92 Å². The van der Waals surface area contributed by atoms with Crippen molar-refractivity contribution in [2.45, 2.75) is 32.7 Å². The molecule has 1 aromatic rings. The van der Waals surface area contributed by atoms with Gasteiger partial charge in [0.15, 0.2) is 0 Å². The Morgan fingerprint density at radius 3 is 2.77 bits per heavy atom. The van der Waals surface area contributed by atoms with Gasteiger partial charge in [0.25, 0.3) is 5.91 Å². The highest BCUT2D eigenvalue weighted by molar-refractivity contribution is 7.89. The zero-order chi connectivity index (χ0) is 16.3. The molecule has 1 fully saturated rings. The number of rotatable bonds is 5. The minimum Gasteiger partial charge on any atom is -0.337 e. The van der Waals surface area contributed by atoms with Crippen molar-refractivity contribution < 1.29 is 17.6 Å². The van der Waals surface area contributed by atoms with Crippen molar-refractivity contribution in [3.63, 3.8) is 0 Å². The van der Waals surface area contributed by atoms with Gasteiger partial charge in [0.2, 0.25) is 10.0 Å². The van der Waals surface area contributed by atoms with Gasteiger partial charge in [-0.25, -0.2) is 17.5 Å². The molecule has 0 unspecified atom stereocenters. The molecule has 1 aliphatic heterocycles. The molecule has 7 heteroatoms. The maximum absolute atomic E-state index is 13.4. The average Bonchev–Trinajstić information content (AvgIpc) is 2.84. The van der Waals surface area contributed by atoms with Gasteiger partial charge in [0.1, 0.15) is 5.82 Å². The van der Waals surface area contributed by atoms with Crippen molar-refractivity contribution in [3.05, 3.63) is 35.1 Å². The summed E-state index contributed by atoms with van der Waals surface area (Å²) in [6, 6.07) is 3.95. The van der Waals surface area contributed by atoms with Gasteiger partial charge < -0.3 is 4.90 Å². The molecule has 5 nitrogen and oxygen atoms in total. The van der Waals surface area contributed by atoms with Gasteiger partial charge in [-0.3, -0.25) is 4.79 Å².